The van der Waals surface area contributed by atoms with E-state index in [4.69, 9.17) is 9.47 Å². The first-order valence-corrected chi connectivity index (χ1v) is 12.8. The monoisotopic (exact) mass is 509 g/mol. The molecule has 4 heterocycles. The summed E-state index contributed by atoms with van der Waals surface area (Å²) in [6, 6.07) is 16.0. The van der Waals surface area contributed by atoms with Gasteiger partial charge >= 0.3 is 6.09 Å². The molecule has 192 valence electrons. The van der Waals surface area contributed by atoms with E-state index in [0.29, 0.717) is 37.6 Å². The summed E-state index contributed by atoms with van der Waals surface area (Å²) < 4.78 is 13.5. The second-order valence-electron chi connectivity index (χ2n) is 10.2. The summed E-state index contributed by atoms with van der Waals surface area (Å²) in [6.07, 6.45) is 8.63. The van der Waals surface area contributed by atoms with Gasteiger partial charge in [-0.2, -0.15) is 0 Å². The van der Waals surface area contributed by atoms with Crippen LogP contribution in [0.4, 0.5) is 4.79 Å². The molecule has 2 aliphatic heterocycles. The maximum absolute atomic E-state index is 13.4. The first-order valence-electron chi connectivity index (χ1n) is 12.8. The van der Waals surface area contributed by atoms with Crippen LogP contribution in [0.2, 0.25) is 0 Å². The van der Waals surface area contributed by atoms with Crippen molar-refractivity contribution in [3.05, 3.63) is 96.3 Å². The van der Waals surface area contributed by atoms with Gasteiger partial charge in [0.2, 0.25) is 5.95 Å². The van der Waals surface area contributed by atoms with Crippen molar-refractivity contribution in [3.8, 4) is 17.1 Å². The number of piperidine rings is 1. The van der Waals surface area contributed by atoms with Crippen LogP contribution < -0.4 is 0 Å². The summed E-state index contributed by atoms with van der Waals surface area (Å²) in [4.78, 5) is 28.1. The molecule has 2 atom stereocenters. The molecule has 7 rings (SSSR count). The smallest absolute Gasteiger partial charge is 0.410 e. The lowest BCUT2D eigenvalue weighted by Gasteiger charge is -2.50. The van der Waals surface area contributed by atoms with Crippen LogP contribution >= 0.6 is 0 Å². The van der Waals surface area contributed by atoms with Crippen LogP contribution in [0.15, 0.2) is 79.6 Å². The molecular formula is C29H27N5O4. The number of hydrogen-bond donors (Lipinski definition) is 1. The Morgan fingerprint density at radius 1 is 1.00 bits per heavy atom. The number of ether oxygens (including phenoxy) is 2. The van der Waals surface area contributed by atoms with Crippen LogP contribution in [0.1, 0.15) is 35.4 Å². The third kappa shape index (κ3) is 3.77. The van der Waals surface area contributed by atoms with E-state index in [1.165, 1.54) is 22.3 Å². The van der Waals surface area contributed by atoms with Crippen molar-refractivity contribution in [2.45, 2.75) is 36.4 Å². The molecule has 0 spiro atoms. The average Bonchev–Trinajstić information content (AvgIpc) is 3.59. The van der Waals surface area contributed by atoms with Crippen molar-refractivity contribution in [2.24, 2.45) is 0 Å². The van der Waals surface area contributed by atoms with Crippen LogP contribution in [-0.2, 0) is 15.1 Å². The van der Waals surface area contributed by atoms with Gasteiger partial charge in [0.15, 0.2) is 0 Å². The molecular weight excluding hydrogens is 482 g/mol. The van der Waals surface area contributed by atoms with E-state index >= 15 is 0 Å². The third-order valence-corrected chi connectivity index (χ3v) is 8.01. The number of benzene rings is 2. The number of imidazole rings is 1. The molecule has 4 aromatic rings. The fraction of sp³-hybridized carbons (Fsp3) is 0.310. The minimum absolute atomic E-state index is 0.00433. The number of aromatic nitrogens is 4. The number of nitrogens with zero attached hydrogens (tertiary/aromatic N) is 5. The molecule has 2 aromatic carbocycles. The molecule has 38 heavy (non-hydrogen) atoms. The van der Waals surface area contributed by atoms with Crippen LogP contribution in [0, 0.1) is 0 Å². The Hall–Kier alpha value is -4.08. The highest BCUT2D eigenvalue weighted by molar-refractivity contribution is 5.79. The fourth-order valence-electron chi connectivity index (χ4n) is 6.25. The summed E-state index contributed by atoms with van der Waals surface area (Å²) >= 11 is 0. The summed E-state index contributed by atoms with van der Waals surface area (Å²) in [6.45, 7) is 0.950. The molecule has 3 aliphatic rings. The largest absolute Gasteiger partial charge is 0.448 e. The van der Waals surface area contributed by atoms with Gasteiger partial charge in [0.1, 0.15) is 12.9 Å². The van der Waals surface area contributed by atoms with Gasteiger partial charge < -0.3 is 14.6 Å². The van der Waals surface area contributed by atoms with Crippen LogP contribution in [-0.4, -0.2) is 67.5 Å². The lowest BCUT2D eigenvalue weighted by molar-refractivity contribution is -0.136. The molecule has 1 N–H and O–H groups in total. The van der Waals surface area contributed by atoms with E-state index in [-0.39, 0.29) is 30.7 Å². The van der Waals surface area contributed by atoms with Gasteiger partial charge in [-0.15, -0.1) is 0 Å². The first-order chi connectivity index (χ1) is 18.6. The third-order valence-electron chi connectivity index (χ3n) is 8.01. The molecule has 0 saturated carbocycles. The molecule has 2 saturated heterocycles. The normalized spacial score (nSPS) is 24.1. The molecule has 9 nitrogen and oxygen atoms in total. The summed E-state index contributed by atoms with van der Waals surface area (Å²) in [5, 5.41) is 11.7. The Balaban J connectivity index is 1.08. The van der Waals surface area contributed by atoms with Crippen molar-refractivity contribution in [1.29, 1.82) is 0 Å². The average molecular weight is 510 g/mol. The SMILES string of the molecule is O=C(OCC1c2ccccc2-c2ccccc21)N1C2COCC1CC(O)(c1cnc(-n3ccnc3)nc1)C2. The fourth-order valence-corrected chi connectivity index (χ4v) is 6.25. The van der Waals surface area contributed by atoms with E-state index in [1.54, 1.807) is 40.6 Å². The van der Waals surface area contributed by atoms with Gasteiger partial charge in [-0.3, -0.25) is 9.47 Å². The van der Waals surface area contributed by atoms with Gasteiger partial charge in [-0.05, 0) is 22.3 Å². The molecule has 1 amide bonds. The Bertz CT molecular complexity index is 1410. The number of fused-ring (bicyclic) bond motifs is 5. The topological polar surface area (TPSA) is 103 Å². The van der Waals surface area contributed by atoms with Crippen molar-refractivity contribution in [3.63, 3.8) is 0 Å². The van der Waals surface area contributed by atoms with Crippen LogP contribution in [0.3, 0.4) is 0 Å². The Kier molecular flexibility index (Phi) is 5.49. The highest BCUT2D eigenvalue weighted by Gasteiger charge is 2.50. The Morgan fingerprint density at radius 2 is 1.63 bits per heavy atom. The Labute approximate surface area is 219 Å². The maximum atomic E-state index is 13.4. The van der Waals surface area contributed by atoms with Gasteiger partial charge in [0.25, 0.3) is 0 Å². The highest BCUT2D eigenvalue weighted by Crippen LogP contribution is 2.45. The number of aliphatic hydroxyl groups is 1. The lowest BCUT2D eigenvalue weighted by Crippen LogP contribution is -2.62. The van der Waals surface area contributed by atoms with Gasteiger partial charge in [0, 0.05) is 49.1 Å². The zero-order valence-electron chi connectivity index (χ0n) is 20.7. The number of morpholine rings is 1. The predicted octanol–water partition coefficient (Wildman–Crippen LogP) is 3.66. The zero-order chi connectivity index (χ0) is 25.7. The Morgan fingerprint density at radius 3 is 2.24 bits per heavy atom. The van der Waals surface area contributed by atoms with Crippen molar-refractivity contribution < 1.29 is 19.4 Å². The molecule has 0 radical (unpaired) electrons. The molecule has 2 aromatic heterocycles. The van der Waals surface area contributed by atoms with E-state index < -0.39 is 5.60 Å². The number of rotatable bonds is 4. The maximum Gasteiger partial charge on any atom is 0.410 e. The molecule has 9 heteroatoms. The summed E-state index contributed by atoms with van der Waals surface area (Å²) in [5.41, 5.74) is 4.21. The van der Waals surface area contributed by atoms with Gasteiger partial charge in [0.05, 0.1) is 30.9 Å². The number of hydrogen-bond acceptors (Lipinski definition) is 7. The van der Waals surface area contributed by atoms with E-state index in [2.05, 4.69) is 39.2 Å². The van der Waals surface area contributed by atoms with Crippen molar-refractivity contribution in [1.82, 2.24) is 24.4 Å². The second-order valence-corrected chi connectivity index (χ2v) is 10.2. The predicted molar refractivity (Wildman–Crippen MR) is 138 cm³/mol. The van der Waals surface area contributed by atoms with E-state index in [0.717, 1.165) is 0 Å². The van der Waals surface area contributed by atoms with Crippen molar-refractivity contribution >= 4 is 6.09 Å². The minimum atomic E-state index is -1.16. The molecule has 1 aliphatic carbocycles. The summed E-state index contributed by atoms with van der Waals surface area (Å²) in [5.74, 6) is 0.477. The zero-order valence-corrected chi connectivity index (χ0v) is 20.7. The quantitative estimate of drug-likeness (QED) is 0.448. The molecule has 2 fully saturated rings. The number of amides is 1. The van der Waals surface area contributed by atoms with Crippen LogP contribution in [0.25, 0.3) is 17.1 Å². The standard InChI is InChI=1S/C29H27N5O4/c35-28(38-17-26-24-7-3-1-5-22(24)23-6-2-4-8-25(23)26)34-20-11-29(36,12-21(34)16-37-15-20)19-13-31-27(32-14-19)33-10-9-30-18-33/h1-10,13-14,18,20-21,26,36H,11-12,15-17H2. The number of carbonyl (C=O) groups excluding carboxylic acids is 1. The van der Waals surface area contributed by atoms with Crippen molar-refractivity contribution in [2.75, 3.05) is 19.8 Å². The first kappa shape index (κ1) is 23.1. The van der Waals surface area contributed by atoms with Gasteiger partial charge in [-0.25, -0.2) is 19.7 Å². The van der Waals surface area contributed by atoms with E-state index in [1.807, 2.05) is 24.3 Å². The summed E-state index contributed by atoms with van der Waals surface area (Å²) in [7, 11) is 0. The molecule has 2 unspecified atom stereocenters. The highest BCUT2D eigenvalue weighted by atomic mass is 16.6. The minimum Gasteiger partial charge on any atom is -0.448 e. The van der Waals surface area contributed by atoms with Gasteiger partial charge in [-0.1, -0.05) is 48.5 Å². The lowest BCUT2D eigenvalue weighted by atomic mass is 9.78. The second kappa shape index (κ2) is 9.04. The number of carbonyl (C=O) groups is 1. The molecule has 2 bridgehead atoms. The van der Waals surface area contributed by atoms with E-state index in [9.17, 15) is 9.90 Å². The van der Waals surface area contributed by atoms with Crippen LogP contribution in [0.5, 0.6) is 0 Å².